The van der Waals surface area contributed by atoms with Crippen molar-refractivity contribution in [1.82, 2.24) is 5.32 Å². The number of hydrogen-bond acceptors (Lipinski definition) is 4. The molecule has 1 aliphatic heterocycles. The summed E-state index contributed by atoms with van der Waals surface area (Å²) in [6.07, 6.45) is 0.473. The molecule has 0 spiro atoms. The largest absolute Gasteiger partial charge is 0.492 e. The first-order valence-corrected chi connectivity index (χ1v) is 12.7. The number of fused-ring (bicyclic) bond motifs is 1. The van der Waals surface area contributed by atoms with E-state index < -0.39 is 12.0 Å². The minimum absolute atomic E-state index is 0.254. The van der Waals surface area contributed by atoms with Gasteiger partial charge in [0.2, 0.25) is 0 Å². The van der Waals surface area contributed by atoms with E-state index in [4.69, 9.17) is 9.47 Å². The first-order chi connectivity index (χ1) is 18.0. The highest BCUT2D eigenvalue weighted by Crippen LogP contribution is 2.35. The van der Waals surface area contributed by atoms with E-state index in [1.54, 1.807) is 6.07 Å². The highest BCUT2D eigenvalue weighted by molar-refractivity contribution is 9.10. The fourth-order valence-corrected chi connectivity index (χ4v) is 4.91. The minimum Gasteiger partial charge on any atom is -0.492 e. The monoisotopic (exact) mass is 557 g/mol. The third-order valence-electron chi connectivity index (χ3n) is 6.16. The van der Waals surface area contributed by atoms with E-state index in [1.807, 2.05) is 84.9 Å². The molecule has 0 aliphatic carbocycles. The lowest BCUT2D eigenvalue weighted by Gasteiger charge is -2.19. The van der Waals surface area contributed by atoms with Gasteiger partial charge in [-0.25, -0.2) is 0 Å². The zero-order valence-electron chi connectivity index (χ0n) is 19.8. The standard InChI is InChI=1S/C30H24BrNO5/c31-22-16-21-14-15-36-29(21)25(17-22)30(35)32-26(18-28(33)34)20-12-10-19(11-13-20)24-8-4-5-9-27(24)37-23-6-2-1-3-7-23/h1-13,16-17,26H,14-15,18H2,(H,32,35)(H,33,34). The summed E-state index contributed by atoms with van der Waals surface area (Å²) in [6.45, 7) is 0.515. The van der Waals surface area contributed by atoms with Crippen molar-refractivity contribution in [2.75, 3.05) is 6.61 Å². The number of nitrogens with one attached hydrogen (secondary N) is 1. The van der Waals surface area contributed by atoms with Gasteiger partial charge in [-0.1, -0.05) is 76.6 Å². The second kappa shape index (κ2) is 10.9. The van der Waals surface area contributed by atoms with Crippen LogP contribution in [0.4, 0.5) is 0 Å². The number of carbonyl (C=O) groups excluding carboxylic acids is 1. The number of rotatable bonds is 8. The van der Waals surface area contributed by atoms with Gasteiger partial charge in [-0.3, -0.25) is 9.59 Å². The molecule has 0 radical (unpaired) electrons. The van der Waals surface area contributed by atoms with E-state index in [0.29, 0.717) is 29.2 Å². The Bertz CT molecular complexity index is 1440. The van der Waals surface area contributed by atoms with Crippen molar-refractivity contribution in [3.05, 3.63) is 112 Å². The molecule has 1 heterocycles. The normalized spacial score (nSPS) is 12.8. The lowest BCUT2D eigenvalue weighted by atomic mass is 9.98. The molecule has 1 atom stereocenters. The molecule has 7 heteroatoms. The SMILES string of the molecule is O=C(O)CC(NC(=O)c1cc(Br)cc2c1OCC2)c1ccc(-c2ccccc2Oc2ccccc2)cc1. The third-order valence-corrected chi connectivity index (χ3v) is 6.62. The maximum absolute atomic E-state index is 13.2. The van der Waals surface area contributed by atoms with Crippen molar-refractivity contribution < 1.29 is 24.2 Å². The number of ether oxygens (including phenoxy) is 2. The van der Waals surface area contributed by atoms with Crippen LogP contribution in [0.15, 0.2) is 95.5 Å². The van der Waals surface area contributed by atoms with Gasteiger partial charge < -0.3 is 19.9 Å². The molecule has 2 N–H and O–H groups in total. The maximum atomic E-state index is 13.2. The number of amides is 1. The topological polar surface area (TPSA) is 84.9 Å². The molecule has 0 aromatic heterocycles. The van der Waals surface area contributed by atoms with Crippen molar-refractivity contribution in [1.29, 1.82) is 0 Å². The molecule has 186 valence electrons. The van der Waals surface area contributed by atoms with E-state index in [-0.39, 0.29) is 12.3 Å². The average molecular weight is 558 g/mol. The van der Waals surface area contributed by atoms with Crippen LogP contribution in [-0.4, -0.2) is 23.6 Å². The molecule has 1 unspecified atom stereocenters. The van der Waals surface area contributed by atoms with Gasteiger partial charge in [0.15, 0.2) is 0 Å². The van der Waals surface area contributed by atoms with Crippen LogP contribution in [0.3, 0.4) is 0 Å². The molecular formula is C30H24BrNO5. The highest BCUT2D eigenvalue weighted by atomic mass is 79.9. The summed E-state index contributed by atoms with van der Waals surface area (Å²) < 4.78 is 12.5. The molecule has 0 saturated carbocycles. The van der Waals surface area contributed by atoms with Crippen LogP contribution in [-0.2, 0) is 11.2 Å². The zero-order chi connectivity index (χ0) is 25.8. The predicted molar refractivity (Wildman–Crippen MR) is 144 cm³/mol. The van der Waals surface area contributed by atoms with Crippen LogP contribution in [0.2, 0.25) is 0 Å². The molecule has 1 aliphatic rings. The Morgan fingerprint density at radius 1 is 0.973 bits per heavy atom. The van der Waals surface area contributed by atoms with Crippen molar-refractivity contribution >= 4 is 27.8 Å². The third kappa shape index (κ3) is 5.67. The van der Waals surface area contributed by atoms with Crippen molar-refractivity contribution in [3.8, 4) is 28.4 Å². The molecule has 37 heavy (non-hydrogen) atoms. The van der Waals surface area contributed by atoms with Gasteiger partial charge in [0, 0.05) is 16.5 Å². The van der Waals surface area contributed by atoms with E-state index in [9.17, 15) is 14.7 Å². The number of carboxylic acid groups (broad SMARTS) is 1. The number of halogens is 1. The van der Waals surface area contributed by atoms with E-state index in [0.717, 1.165) is 33.3 Å². The summed E-state index contributed by atoms with van der Waals surface area (Å²) in [6, 6.07) is 27.7. The molecule has 0 saturated heterocycles. The molecule has 1 amide bonds. The van der Waals surface area contributed by atoms with Crippen LogP contribution in [0.25, 0.3) is 11.1 Å². The molecular weight excluding hydrogens is 534 g/mol. The van der Waals surface area contributed by atoms with Crippen molar-refractivity contribution in [2.45, 2.75) is 18.9 Å². The minimum atomic E-state index is -1.01. The summed E-state index contributed by atoms with van der Waals surface area (Å²) in [4.78, 5) is 24.9. The Morgan fingerprint density at radius 3 is 2.46 bits per heavy atom. The van der Waals surface area contributed by atoms with Gasteiger partial charge >= 0.3 is 5.97 Å². The predicted octanol–water partition coefficient (Wildman–Crippen LogP) is 6.79. The molecule has 4 aromatic carbocycles. The van der Waals surface area contributed by atoms with E-state index >= 15 is 0 Å². The number of carboxylic acids is 1. The lowest BCUT2D eigenvalue weighted by Crippen LogP contribution is -2.30. The lowest BCUT2D eigenvalue weighted by molar-refractivity contribution is -0.137. The fraction of sp³-hybridized carbons (Fsp3) is 0.133. The van der Waals surface area contributed by atoms with Crippen LogP contribution in [0, 0.1) is 0 Å². The second-order valence-electron chi connectivity index (χ2n) is 8.70. The maximum Gasteiger partial charge on any atom is 0.305 e. The Balaban J connectivity index is 1.40. The Labute approximate surface area is 223 Å². The van der Waals surface area contributed by atoms with Crippen molar-refractivity contribution in [2.24, 2.45) is 0 Å². The summed E-state index contributed by atoms with van der Waals surface area (Å²) >= 11 is 3.45. The molecule has 4 aromatic rings. The zero-order valence-corrected chi connectivity index (χ0v) is 21.4. The number of aliphatic carboxylic acids is 1. The summed E-state index contributed by atoms with van der Waals surface area (Å²) in [7, 11) is 0. The fourth-order valence-electron chi connectivity index (χ4n) is 4.41. The molecule has 0 fully saturated rings. The number of hydrogen-bond donors (Lipinski definition) is 2. The van der Waals surface area contributed by atoms with Gasteiger partial charge in [-0.2, -0.15) is 0 Å². The Hall–Kier alpha value is -4.10. The van der Waals surface area contributed by atoms with Crippen molar-refractivity contribution in [3.63, 3.8) is 0 Å². The van der Waals surface area contributed by atoms with Crippen LogP contribution in [0.1, 0.15) is 33.9 Å². The van der Waals surface area contributed by atoms with Crippen LogP contribution >= 0.6 is 15.9 Å². The van der Waals surface area contributed by atoms with Gasteiger partial charge in [0.25, 0.3) is 5.91 Å². The first-order valence-electron chi connectivity index (χ1n) is 11.9. The first kappa shape index (κ1) is 24.6. The van der Waals surface area contributed by atoms with Crippen LogP contribution < -0.4 is 14.8 Å². The quantitative estimate of drug-likeness (QED) is 0.249. The van der Waals surface area contributed by atoms with E-state index in [2.05, 4.69) is 21.2 Å². The van der Waals surface area contributed by atoms with Gasteiger partial charge in [0.1, 0.15) is 17.2 Å². The number of carbonyl (C=O) groups is 2. The number of benzene rings is 4. The molecule has 5 rings (SSSR count). The summed E-state index contributed by atoms with van der Waals surface area (Å²) in [5.41, 5.74) is 3.84. The summed E-state index contributed by atoms with van der Waals surface area (Å²) in [5.74, 6) is 0.613. The van der Waals surface area contributed by atoms with E-state index in [1.165, 1.54) is 0 Å². The highest BCUT2D eigenvalue weighted by Gasteiger charge is 2.25. The van der Waals surface area contributed by atoms with Gasteiger partial charge in [-0.15, -0.1) is 0 Å². The van der Waals surface area contributed by atoms with Crippen LogP contribution in [0.5, 0.6) is 17.2 Å². The average Bonchev–Trinajstić information content (AvgIpc) is 3.37. The Morgan fingerprint density at radius 2 is 1.70 bits per heavy atom. The molecule has 6 nitrogen and oxygen atoms in total. The van der Waals surface area contributed by atoms with Gasteiger partial charge in [-0.05, 0) is 47.0 Å². The second-order valence-corrected chi connectivity index (χ2v) is 9.61. The smallest absolute Gasteiger partial charge is 0.305 e. The summed E-state index contributed by atoms with van der Waals surface area (Å²) in [5, 5.41) is 12.4. The number of para-hydroxylation sites is 2. The molecule has 0 bridgehead atoms. The Kier molecular flexibility index (Phi) is 7.23. The van der Waals surface area contributed by atoms with Gasteiger partial charge in [0.05, 0.1) is 24.6 Å².